The van der Waals surface area contributed by atoms with Crippen molar-refractivity contribution in [2.45, 2.75) is 69.1 Å². The van der Waals surface area contributed by atoms with E-state index in [1.807, 2.05) is 0 Å². The van der Waals surface area contributed by atoms with Crippen LogP contribution in [0.25, 0.3) is 0 Å². The topological polar surface area (TPSA) is 234 Å². The molecule has 3 amide bonds. The first-order valence-corrected chi connectivity index (χ1v) is 13.6. The molecule has 4 unspecified atom stereocenters. The fraction of sp³-hybridized carbons (Fsp3) is 0.414. The van der Waals surface area contributed by atoms with Gasteiger partial charge in [0.05, 0.1) is 6.04 Å². The van der Waals surface area contributed by atoms with E-state index in [2.05, 4.69) is 16.0 Å². The second kappa shape index (κ2) is 17.4. The molecule has 13 heteroatoms. The van der Waals surface area contributed by atoms with Crippen molar-refractivity contribution in [2.24, 2.45) is 11.5 Å². The Hall–Kier alpha value is -4.49. The lowest BCUT2D eigenvalue weighted by Crippen LogP contribution is -2.57. The molecule has 0 aromatic heterocycles. The quantitative estimate of drug-likeness (QED) is 0.109. The molecular weight excluding hydrogens is 546 g/mol. The number of nitrogens with one attached hydrogen (secondary N) is 3. The van der Waals surface area contributed by atoms with Gasteiger partial charge < -0.3 is 42.7 Å². The van der Waals surface area contributed by atoms with Gasteiger partial charge in [-0.05, 0) is 49.1 Å². The van der Waals surface area contributed by atoms with Gasteiger partial charge in [0, 0.05) is 19.3 Å². The van der Waals surface area contributed by atoms with E-state index in [1.165, 1.54) is 24.3 Å². The SMILES string of the molecule is NCCCCC(N)C(=O)NC(CCC(=O)O)C(=O)NC(Cc1ccc(O)cc1)C(=O)NC(Cc1ccccc1)C(=O)O. The summed E-state index contributed by atoms with van der Waals surface area (Å²) in [4.78, 5) is 62.6. The average Bonchev–Trinajstić information content (AvgIpc) is 2.95. The number of carbonyl (C=O) groups excluding carboxylic acids is 3. The van der Waals surface area contributed by atoms with Crippen molar-refractivity contribution in [3.63, 3.8) is 0 Å². The summed E-state index contributed by atoms with van der Waals surface area (Å²) in [7, 11) is 0. The molecule has 13 nitrogen and oxygen atoms in total. The number of carbonyl (C=O) groups is 5. The van der Waals surface area contributed by atoms with Crippen LogP contribution >= 0.6 is 0 Å². The number of carboxylic acids is 2. The second-order valence-electron chi connectivity index (χ2n) is 9.91. The zero-order valence-electron chi connectivity index (χ0n) is 23.2. The van der Waals surface area contributed by atoms with Crippen molar-refractivity contribution in [2.75, 3.05) is 6.54 Å². The minimum atomic E-state index is -1.33. The number of phenols is 1. The molecule has 0 aliphatic carbocycles. The van der Waals surface area contributed by atoms with Crippen LogP contribution in [0, 0.1) is 0 Å². The Bertz CT molecular complexity index is 1190. The highest BCUT2D eigenvalue weighted by atomic mass is 16.4. The second-order valence-corrected chi connectivity index (χ2v) is 9.91. The Labute approximate surface area is 243 Å². The van der Waals surface area contributed by atoms with E-state index < -0.39 is 60.2 Å². The van der Waals surface area contributed by atoms with E-state index in [0.29, 0.717) is 36.9 Å². The van der Waals surface area contributed by atoms with Crippen LogP contribution in [0.3, 0.4) is 0 Å². The van der Waals surface area contributed by atoms with Crippen LogP contribution in [0.4, 0.5) is 0 Å². The molecule has 0 aliphatic rings. The first kappa shape index (κ1) is 33.7. The molecule has 228 valence electrons. The summed E-state index contributed by atoms with van der Waals surface area (Å²) in [6.45, 7) is 0.427. The first-order valence-electron chi connectivity index (χ1n) is 13.6. The number of hydrogen-bond donors (Lipinski definition) is 8. The Morgan fingerprint density at radius 1 is 0.690 bits per heavy atom. The fourth-order valence-electron chi connectivity index (χ4n) is 4.13. The third kappa shape index (κ3) is 11.9. The van der Waals surface area contributed by atoms with Crippen LogP contribution in [-0.2, 0) is 36.8 Å². The zero-order chi connectivity index (χ0) is 31.1. The van der Waals surface area contributed by atoms with E-state index in [0.717, 1.165) is 0 Å². The highest BCUT2D eigenvalue weighted by Gasteiger charge is 2.31. The number of unbranched alkanes of at least 4 members (excludes halogenated alkanes) is 1. The van der Waals surface area contributed by atoms with E-state index in [4.69, 9.17) is 16.6 Å². The lowest BCUT2D eigenvalue weighted by atomic mass is 10.0. The summed E-state index contributed by atoms with van der Waals surface area (Å²) in [5.41, 5.74) is 12.6. The number of rotatable bonds is 18. The number of nitrogens with two attached hydrogens (primary N) is 2. The van der Waals surface area contributed by atoms with E-state index in [-0.39, 0.29) is 25.0 Å². The van der Waals surface area contributed by atoms with Gasteiger partial charge in [0.15, 0.2) is 0 Å². The van der Waals surface area contributed by atoms with E-state index in [9.17, 15) is 34.2 Å². The maximum absolute atomic E-state index is 13.4. The maximum Gasteiger partial charge on any atom is 0.326 e. The van der Waals surface area contributed by atoms with Gasteiger partial charge in [-0.3, -0.25) is 19.2 Å². The summed E-state index contributed by atoms with van der Waals surface area (Å²) in [5.74, 6) is -4.80. The normalized spacial score (nSPS) is 13.7. The third-order valence-electron chi connectivity index (χ3n) is 6.49. The van der Waals surface area contributed by atoms with Crippen molar-refractivity contribution >= 4 is 29.7 Å². The molecule has 10 N–H and O–H groups in total. The number of amides is 3. The molecule has 0 spiro atoms. The molecule has 0 aliphatic heterocycles. The Kier molecular flexibility index (Phi) is 13.9. The number of benzene rings is 2. The lowest BCUT2D eigenvalue weighted by molar-refractivity contribution is -0.142. The van der Waals surface area contributed by atoms with Gasteiger partial charge in [-0.1, -0.05) is 48.9 Å². The summed E-state index contributed by atoms with van der Waals surface area (Å²) < 4.78 is 0. The minimum absolute atomic E-state index is 0.0128. The summed E-state index contributed by atoms with van der Waals surface area (Å²) in [5, 5.41) is 36.0. The van der Waals surface area contributed by atoms with Crippen molar-refractivity contribution < 1.29 is 39.3 Å². The van der Waals surface area contributed by atoms with Crippen molar-refractivity contribution in [1.29, 1.82) is 0 Å². The van der Waals surface area contributed by atoms with Crippen LogP contribution < -0.4 is 27.4 Å². The predicted octanol–water partition coefficient (Wildman–Crippen LogP) is 0.0375. The first-order chi connectivity index (χ1) is 20.0. The van der Waals surface area contributed by atoms with Crippen LogP contribution in [-0.4, -0.2) is 75.7 Å². The molecule has 0 heterocycles. The van der Waals surface area contributed by atoms with Gasteiger partial charge in [0.1, 0.15) is 23.9 Å². The monoisotopic (exact) mass is 585 g/mol. The van der Waals surface area contributed by atoms with Crippen molar-refractivity contribution in [3.8, 4) is 5.75 Å². The van der Waals surface area contributed by atoms with Crippen LogP contribution in [0.2, 0.25) is 0 Å². The maximum atomic E-state index is 13.4. The van der Waals surface area contributed by atoms with Gasteiger partial charge in [0.2, 0.25) is 17.7 Å². The Balaban J connectivity index is 2.25. The molecule has 0 saturated heterocycles. The van der Waals surface area contributed by atoms with Gasteiger partial charge in [-0.15, -0.1) is 0 Å². The molecule has 0 radical (unpaired) electrons. The number of aliphatic carboxylic acids is 2. The van der Waals surface area contributed by atoms with Gasteiger partial charge in [-0.25, -0.2) is 4.79 Å². The summed E-state index contributed by atoms with van der Waals surface area (Å²) in [6, 6.07) is 9.62. The number of phenolic OH excluding ortho intramolecular Hbond substituents is 1. The van der Waals surface area contributed by atoms with Crippen LogP contribution in [0.1, 0.15) is 43.2 Å². The van der Waals surface area contributed by atoms with Crippen LogP contribution in [0.5, 0.6) is 5.75 Å². The van der Waals surface area contributed by atoms with Crippen molar-refractivity contribution in [3.05, 3.63) is 65.7 Å². The molecule has 4 atom stereocenters. The average molecular weight is 586 g/mol. The highest BCUT2D eigenvalue weighted by molar-refractivity contribution is 5.94. The lowest BCUT2D eigenvalue weighted by Gasteiger charge is -2.25. The zero-order valence-corrected chi connectivity index (χ0v) is 23.2. The molecular formula is C29H39N5O8. The largest absolute Gasteiger partial charge is 0.508 e. The molecule has 42 heavy (non-hydrogen) atoms. The summed E-state index contributed by atoms with van der Waals surface area (Å²) >= 11 is 0. The minimum Gasteiger partial charge on any atom is -0.508 e. The van der Waals surface area contributed by atoms with Gasteiger partial charge in [-0.2, -0.15) is 0 Å². The Morgan fingerprint density at radius 3 is 1.83 bits per heavy atom. The van der Waals surface area contributed by atoms with Gasteiger partial charge in [0.25, 0.3) is 0 Å². The fourth-order valence-corrected chi connectivity index (χ4v) is 4.13. The number of hydrogen-bond acceptors (Lipinski definition) is 8. The number of aromatic hydroxyl groups is 1. The smallest absolute Gasteiger partial charge is 0.326 e. The molecule has 0 fully saturated rings. The van der Waals surface area contributed by atoms with Gasteiger partial charge >= 0.3 is 11.9 Å². The highest BCUT2D eigenvalue weighted by Crippen LogP contribution is 2.13. The molecule has 2 aromatic carbocycles. The molecule has 0 saturated carbocycles. The molecule has 0 bridgehead atoms. The molecule has 2 rings (SSSR count). The predicted molar refractivity (Wildman–Crippen MR) is 153 cm³/mol. The third-order valence-corrected chi connectivity index (χ3v) is 6.49. The van der Waals surface area contributed by atoms with E-state index >= 15 is 0 Å². The standard InChI is InChI=1S/C29H39N5O8/c30-15-5-4-8-21(31)26(38)32-22(13-14-25(36)37)27(39)33-23(16-19-9-11-20(35)12-10-19)28(40)34-24(29(41)42)17-18-6-2-1-3-7-18/h1-3,6-7,9-12,21-24,35H,4-5,8,13-17,30-31H2,(H,32,38)(H,33,39)(H,34,40)(H,36,37)(H,41,42). The van der Waals surface area contributed by atoms with Crippen LogP contribution in [0.15, 0.2) is 54.6 Å². The van der Waals surface area contributed by atoms with E-state index in [1.54, 1.807) is 30.3 Å². The molecule has 2 aromatic rings. The number of carboxylic acid groups (broad SMARTS) is 2. The summed E-state index contributed by atoms with van der Waals surface area (Å²) in [6.07, 6.45) is 0.712. The Morgan fingerprint density at radius 2 is 1.24 bits per heavy atom. The van der Waals surface area contributed by atoms with Crippen molar-refractivity contribution in [1.82, 2.24) is 16.0 Å².